The van der Waals surface area contributed by atoms with E-state index < -0.39 is 5.54 Å². The van der Waals surface area contributed by atoms with Gasteiger partial charge < -0.3 is 15.4 Å². The van der Waals surface area contributed by atoms with Gasteiger partial charge in [0.15, 0.2) is 0 Å². The maximum Gasteiger partial charge on any atom is 0.230 e. The lowest BCUT2D eigenvalue weighted by Crippen LogP contribution is -2.57. The van der Waals surface area contributed by atoms with E-state index in [1.54, 1.807) is 19.3 Å². The molecule has 0 aromatic heterocycles. The van der Waals surface area contributed by atoms with E-state index in [9.17, 15) is 9.59 Å². The standard InChI is InChI=1S/C15H26N2O3S2/c1-5-7-21-9-13(18)16-11-15(3,12-20-4)17-14(19)10-22-8-6-2/h5-6H,1-2,7-12H2,3-4H3,(H,16,18)(H,17,19)/t15-/m1/s1. The quantitative estimate of drug-likeness (QED) is 0.390. The molecule has 126 valence electrons. The summed E-state index contributed by atoms with van der Waals surface area (Å²) in [5.74, 6) is 2.05. The fraction of sp³-hybridized carbons (Fsp3) is 0.600. The molecular formula is C15H26N2O3S2. The van der Waals surface area contributed by atoms with Crippen molar-refractivity contribution in [3.63, 3.8) is 0 Å². The minimum Gasteiger partial charge on any atom is -0.382 e. The third-order valence-corrected chi connectivity index (χ3v) is 4.39. The van der Waals surface area contributed by atoms with Gasteiger partial charge in [-0.3, -0.25) is 9.59 Å². The number of hydrogen-bond acceptors (Lipinski definition) is 5. The summed E-state index contributed by atoms with van der Waals surface area (Å²) in [6, 6.07) is 0. The zero-order valence-electron chi connectivity index (χ0n) is 13.4. The second-order valence-electron chi connectivity index (χ2n) is 4.93. The molecule has 0 heterocycles. The molecule has 0 saturated heterocycles. The number of thioether (sulfide) groups is 2. The van der Waals surface area contributed by atoms with Gasteiger partial charge in [0, 0.05) is 25.2 Å². The van der Waals surface area contributed by atoms with Crippen molar-refractivity contribution in [3.05, 3.63) is 25.3 Å². The maximum atomic E-state index is 11.9. The number of methoxy groups -OCH3 is 1. The molecule has 0 aliphatic carbocycles. The fourth-order valence-electron chi connectivity index (χ4n) is 1.64. The van der Waals surface area contributed by atoms with Crippen LogP contribution < -0.4 is 10.6 Å². The number of carbonyl (C=O) groups is 2. The van der Waals surface area contributed by atoms with Gasteiger partial charge in [-0.1, -0.05) is 12.2 Å². The summed E-state index contributed by atoms with van der Waals surface area (Å²) in [5.41, 5.74) is -0.626. The number of hydrogen-bond donors (Lipinski definition) is 2. The monoisotopic (exact) mass is 346 g/mol. The van der Waals surface area contributed by atoms with Crippen LogP contribution in [0, 0.1) is 0 Å². The molecule has 0 aromatic rings. The van der Waals surface area contributed by atoms with Gasteiger partial charge in [-0.15, -0.1) is 36.7 Å². The smallest absolute Gasteiger partial charge is 0.230 e. The van der Waals surface area contributed by atoms with Crippen molar-refractivity contribution in [2.45, 2.75) is 12.5 Å². The number of amides is 2. The molecule has 0 bridgehead atoms. The molecule has 0 fully saturated rings. The Hall–Kier alpha value is -0.920. The summed E-state index contributed by atoms with van der Waals surface area (Å²) in [4.78, 5) is 23.6. The van der Waals surface area contributed by atoms with Crippen molar-refractivity contribution in [1.29, 1.82) is 0 Å². The molecule has 2 N–H and O–H groups in total. The van der Waals surface area contributed by atoms with Gasteiger partial charge in [-0.05, 0) is 6.92 Å². The summed E-state index contributed by atoms with van der Waals surface area (Å²) in [5, 5.41) is 5.75. The van der Waals surface area contributed by atoms with E-state index >= 15 is 0 Å². The topological polar surface area (TPSA) is 67.4 Å². The second-order valence-corrected chi connectivity index (χ2v) is 6.99. The normalized spacial score (nSPS) is 13.0. The van der Waals surface area contributed by atoms with Crippen LogP contribution in [0.1, 0.15) is 6.92 Å². The predicted octanol–water partition coefficient (Wildman–Crippen LogP) is 1.46. The largest absolute Gasteiger partial charge is 0.382 e. The van der Waals surface area contributed by atoms with Crippen LogP contribution in [0.5, 0.6) is 0 Å². The highest BCUT2D eigenvalue weighted by molar-refractivity contribution is 8.00. The number of ether oxygens (including phenoxy) is 1. The van der Waals surface area contributed by atoms with E-state index in [1.165, 1.54) is 23.5 Å². The van der Waals surface area contributed by atoms with E-state index in [0.717, 1.165) is 11.5 Å². The summed E-state index contributed by atoms with van der Waals surface area (Å²) in [6.45, 7) is 9.72. The predicted molar refractivity (Wildman–Crippen MR) is 96.5 cm³/mol. The first-order chi connectivity index (χ1) is 10.5. The van der Waals surface area contributed by atoms with Crippen LogP contribution in [-0.2, 0) is 14.3 Å². The Balaban J connectivity index is 4.29. The van der Waals surface area contributed by atoms with Crippen LogP contribution in [0.25, 0.3) is 0 Å². The number of nitrogens with one attached hydrogen (secondary N) is 2. The molecule has 22 heavy (non-hydrogen) atoms. The molecular weight excluding hydrogens is 320 g/mol. The highest BCUT2D eigenvalue weighted by atomic mass is 32.2. The van der Waals surface area contributed by atoms with Gasteiger partial charge in [-0.2, -0.15) is 0 Å². The minimum atomic E-state index is -0.626. The summed E-state index contributed by atoms with van der Waals surface area (Å²) >= 11 is 2.98. The van der Waals surface area contributed by atoms with Gasteiger partial charge in [0.1, 0.15) is 0 Å². The number of rotatable bonds is 13. The van der Waals surface area contributed by atoms with Crippen molar-refractivity contribution >= 4 is 35.3 Å². The van der Waals surface area contributed by atoms with Crippen molar-refractivity contribution in [2.24, 2.45) is 0 Å². The van der Waals surface area contributed by atoms with Crippen LogP contribution >= 0.6 is 23.5 Å². The van der Waals surface area contributed by atoms with E-state index in [1.807, 2.05) is 6.92 Å². The number of carbonyl (C=O) groups excluding carboxylic acids is 2. The Morgan fingerprint density at radius 3 is 2.18 bits per heavy atom. The third-order valence-electron chi connectivity index (χ3n) is 2.52. The molecule has 0 unspecified atom stereocenters. The average Bonchev–Trinajstić information content (AvgIpc) is 2.46. The Bertz CT molecular complexity index is 378. The highest BCUT2D eigenvalue weighted by Crippen LogP contribution is 2.06. The van der Waals surface area contributed by atoms with Gasteiger partial charge in [-0.25, -0.2) is 0 Å². The summed E-state index contributed by atoms with van der Waals surface area (Å²) in [6.07, 6.45) is 3.52. The summed E-state index contributed by atoms with van der Waals surface area (Å²) < 4.78 is 5.16. The average molecular weight is 347 g/mol. The van der Waals surface area contributed by atoms with Crippen LogP contribution in [0.2, 0.25) is 0 Å². The Labute approximate surface area is 141 Å². The Morgan fingerprint density at radius 1 is 1.14 bits per heavy atom. The molecule has 0 aromatic carbocycles. The molecule has 1 atom stereocenters. The van der Waals surface area contributed by atoms with Gasteiger partial charge >= 0.3 is 0 Å². The first kappa shape index (κ1) is 21.1. The van der Waals surface area contributed by atoms with E-state index in [0.29, 0.717) is 24.7 Å². The molecule has 0 aliphatic heterocycles. The lowest BCUT2D eigenvalue weighted by Gasteiger charge is -2.30. The van der Waals surface area contributed by atoms with Crippen LogP contribution in [0.3, 0.4) is 0 Å². The van der Waals surface area contributed by atoms with Crippen molar-refractivity contribution in [2.75, 3.05) is 43.3 Å². The van der Waals surface area contributed by atoms with Crippen molar-refractivity contribution in [3.8, 4) is 0 Å². The SMILES string of the molecule is C=CCSCC(=O)NC[C@](C)(COC)NC(=O)CSCC=C. The highest BCUT2D eigenvalue weighted by Gasteiger charge is 2.27. The van der Waals surface area contributed by atoms with Crippen LogP contribution in [0.15, 0.2) is 25.3 Å². The van der Waals surface area contributed by atoms with Gasteiger partial charge in [0.25, 0.3) is 0 Å². The lowest BCUT2D eigenvalue weighted by atomic mass is 10.0. The zero-order chi connectivity index (χ0) is 16.8. The summed E-state index contributed by atoms with van der Waals surface area (Å²) in [7, 11) is 1.57. The molecule has 5 nitrogen and oxygen atoms in total. The molecule has 2 amide bonds. The molecule has 7 heteroatoms. The van der Waals surface area contributed by atoms with E-state index in [4.69, 9.17) is 4.74 Å². The van der Waals surface area contributed by atoms with E-state index in [-0.39, 0.29) is 11.8 Å². The maximum absolute atomic E-state index is 11.9. The second kappa shape index (κ2) is 12.6. The zero-order valence-corrected chi connectivity index (χ0v) is 15.0. The molecule has 0 radical (unpaired) electrons. The Morgan fingerprint density at radius 2 is 1.68 bits per heavy atom. The molecule has 0 aliphatic rings. The van der Waals surface area contributed by atoms with Crippen LogP contribution in [-0.4, -0.2) is 60.6 Å². The Kier molecular flexibility index (Phi) is 12.1. The first-order valence-corrected chi connectivity index (χ1v) is 9.22. The van der Waals surface area contributed by atoms with Crippen molar-refractivity contribution in [1.82, 2.24) is 10.6 Å². The molecule has 0 saturated carbocycles. The van der Waals surface area contributed by atoms with Gasteiger partial charge in [0.05, 0.1) is 23.7 Å². The van der Waals surface area contributed by atoms with E-state index in [2.05, 4.69) is 23.8 Å². The minimum absolute atomic E-state index is 0.0653. The lowest BCUT2D eigenvalue weighted by molar-refractivity contribution is -0.122. The van der Waals surface area contributed by atoms with Crippen LogP contribution in [0.4, 0.5) is 0 Å². The fourth-order valence-corrected chi connectivity index (χ4v) is 2.75. The first-order valence-electron chi connectivity index (χ1n) is 6.91. The van der Waals surface area contributed by atoms with Gasteiger partial charge in [0.2, 0.25) is 11.8 Å². The third kappa shape index (κ3) is 10.8. The van der Waals surface area contributed by atoms with Crippen molar-refractivity contribution < 1.29 is 14.3 Å². The molecule has 0 rings (SSSR count). The molecule has 0 spiro atoms.